The Bertz CT molecular complexity index is 827. The van der Waals surface area contributed by atoms with Crippen LogP contribution in [0.1, 0.15) is 56.7 Å². The molecule has 0 aromatic carbocycles. The fraction of sp³-hybridized carbons (Fsp3) is 0.667. The monoisotopic (exact) mass is 387 g/mol. The van der Waals surface area contributed by atoms with Crippen molar-refractivity contribution in [3.8, 4) is 0 Å². The molecule has 1 aromatic heterocycles. The maximum absolute atomic E-state index is 13.5. The third-order valence-electron chi connectivity index (χ3n) is 6.73. The van der Waals surface area contributed by atoms with E-state index in [9.17, 15) is 14.4 Å². The van der Waals surface area contributed by atoms with Crippen LogP contribution in [0.4, 0.5) is 0 Å². The zero-order chi connectivity index (χ0) is 19.9. The van der Waals surface area contributed by atoms with Crippen molar-refractivity contribution in [1.82, 2.24) is 14.8 Å². The topological polar surface area (TPSA) is 80.6 Å². The van der Waals surface area contributed by atoms with Crippen LogP contribution in [-0.2, 0) is 14.3 Å². The van der Waals surface area contributed by atoms with Crippen molar-refractivity contribution < 1.29 is 14.3 Å². The minimum atomic E-state index is -0.587. The maximum Gasteiger partial charge on any atom is 0.251 e. The Hall–Kier alpha value is -2.15. The van der Waals surface area contributed by atoms with Crippen LogP contribution >= 0.6 is 0 Å². The third kappa shape index (κ3) is 3.26. The van der Waals surface area contributed by atoms with Gasteiger partial charge in [-0.15, -0.1) is 0 Å². The summed E-state index contributed by atoms with van der Waals surface area (Å²) in [4.78, 5) is 40.1. The van der Waals surface area contributed by atoms with Crippen molar-refractivity contribution in [3.63, 3.8) is 0 Å². The lowest BCUT2D eigenvalue weighted by Gasteiger charge is -2.46. The number of aromatic nitrogens is 1. The number of hydrogen-bond acceptors (Lipinski definition) is 4. The van der Waals surface area contributed by atoms with E-state index >= 15 is 0 Å². The van der Waals surface area contributed by atoms with Crippen LogP contribution in [0.2, 0.25) is 0 Å². The van der Waals surface area contributed by atoms with Gasteiger partial charge in [-0.1, -0.05) is 18.9 Å². The summed E-state index contributed by atoms with van der Waals surface area (Å²) in [7, 11) is 1.66. The van der Waals surface area contributed by atoms with Gasteiger partial charge in [0.1, 0.15) is 6.04 Å². The second-order valence-corrected chi connectivity index (χ2v) is 8.63. The third-order valence-corrected chi connectivity index (χ3v) is 6.73. The number of carbonyl (C=O) groups excluding carboxylic acids is 2. The summed E-state index contributed by atoms with van der Waals surface area (Å²) in [6, 6.07) is 4.61. The summed E-state index contributed by atoms with van der Waals surface area (Å²) in [6.45, 7) is 3.17. The average molecular weight is 387 g/mol. The fourth-order valence-electron chi connectivity index (χ4n) is 5.50. The molecule has 3 heterocycles. The minimum absolute atomic E-state index is 0.0206. The number of nitrogens with one attached hydrogen (secondary N) is 1. The molecule has 3 aliphatic rings. The van der Waals surface area contributed by atoms with Crippen LogP contribution in [0, 0.1) is 5.92 Å². The smallest absolute Gasteiger partial charge is 0.251 e. The van der Waals surface area contributed by atoms with Gasteiger partial charge in [-0.25, -0.2) is 0 Å². The first-order valence-corrected chi connectivity index (χ1v) is 10.2. The second-order valence-electron chi connectivity index (χ2n) is 8.63. The Balaban J connectivity index is 1.70. The normalized spacial score (nSPS) is 27.9. The van der Waals surface area contributed by atoms with Crippen molar-refractivity contribution >= 4 is 11.8 Å². The van der Waals surface area contributed by atoms with Crippen LogP contribution in [0.25, 0.3) is 0 Å². The van der Waals surface area contributed by atoms with E-state index in [0.29, 0.717) is 19.7 Å². The molecule has 7 nitrogen and oxygen atoms in total. The summed E-state index contributed by atoms with van der Waals surface area (Å²) in [5.74, 6) is -0.0640. The van der Waals surface area contributed by atoms with Crippen molar-refractivity contribution in [3.05, 3.63) is 34.2 Å². The van der Waals surface area contributed by atoms with E-state index < -0.39 is 6.04 Å². The standard InChI is InChI=1S/C21H29N3O4/c1-14(25)23-11-15-10-16(12-23)19(24-17(15)6-5-7-18(24)26)20(27)22-21(13-28-2)8-3-4-9-21/h5-7,15-16,19H,3-4,8-13H2,1-2H3,(H,22,27)/t15-,16+,19-/m1/s1. The number of nitrogens with zero attached hydrogens (tertiary/aromatic N) is 2. The van der Waals surface area contributed by atoms with Gasteiger partial charge >= 0.3 is 0 Å². The molecule has 0 unspecified atom stereocenters. The van der Waals surface area contributed by atoms with E-state index in [4.69, 9.17) is 4.74 Å². The molecule has 2 fully saturated rings. The lowest BCUT2D eigenvalue weighted by Crippen LogP contribution is -2.58. The highest BCUT2D eigenvalue weighted by atomic mass is 16.5. The first-order chi connectivity index (χ1) is 13.4. The highest BCUT2D eigenvalue weighted by molar-refractivity contribution is 5.82. The molecule has 7 heteroatoms. The number of fused-ring (bicyclic) bond motifs is 4. The molecule has 1 N–H and O–H groups in total. The number of rotatable bonds is 4. The van der Waals surface area contributed by atoms with Crippen LogP contribution in [-0.4, -0.2) is 53.6 Å². The largest absolute Gasteiger partial charge is 0.382 e. The van der Waals surface area contributed by atoms with Gasteiger partial charge in [0, 0.05) is 50.7 Å². The molecular weight excluding hydrogens is 358 g/mol. The number of piperidine rings is 1. The Morgan fingerprint density at radius 2 is 2.00 bits per heavy atom. The molecule has 0 radical (unpaired) electrons. The number of amides is 2. The first-order valence-electron chi connectivity index (χ1n) is 10.2. The molecule has 28 heavy (non-hydrogen) atoms. The van der Waals surface area contributed by atoms with E-state index in [-0.39, 0.29) is 34.7 Å². The van der Waals surface area contributed by atoms with Gasteiger partial charge in [-0.3, -0.25) is 19.0 Å². The number of carbonyl (C=O) groups is 2. The number of likely N-dealkylation sites (tertiary alicyclic amines) is 1. The van der Waals surface area contributed by atoms with E-state index in [1.54, 1.807) is 24.7 Å². The van der Waals surface area contributed by atoms with Gasteiger partial charge in [0.15, 0.2) is 0 Å². The summed E-state index contributed by atoms with van der Waals surface area (Å²) < 4.78 is 7.09. The summed E-state index contributed by atoms with van der Waals surface area (Å²) in [5.41, 5.74) is 0.369. The van der Waals surface area contributed by atoms with Crippen molar-refractivity contribution in [2.45, 2.75) is 56.5 Å². The van der Waals surface area contributed by atoms with Crippen LogP contribution in [0.3, 0.4) is 0 Å². The molecule has 0 spiro atoms. The Morgan fingerprint density at radius 1 is 1.25 bits per heavy atom. The Morgan fingerprint density at radius 3 is 2.68 bits per heavy atom. The molecule has 4 rings (SSSR count). The van der Waals surface area contributed by atoms with E-state index in [2.05, 4.69) is 5.32 Å². The molecule has 1 saturated carbocycles. The van der Waals surface area contributed by atoms with Gasteiger partial charge in [0.2, 0.25) is 11.8 Å². The van der Waals surface area contributed by atoms with E-state index in [0.717, 1.165) is 37.8 Å². The molecule has 1 saturated heterocycles. The van der Waals surface area contributed by atoms with Gasteiger partial charge in [0.25, 0.3) is 5.56 Å². The molecule has 1 aliphatic carbocycles. The number of ether oxygens (including phenoxy) is 1. The molecule has 1 aromatic rings. The van der Waals surface area contributed by atoms with Crippen molar-refractivity contribution in [2.24, 2.45) is 5.92 Å². The lowest BCUT2D eigenvalue weighted by atomic mass is 9.77. The molecule has 152 valence electrons. The second kappa shape index (κ2) is 7.35. The van der Waals surface area contributed by atoms with Crippen LogP contribution in [0.15, 0.2) is 23.0 Å². The molecule has 2 aliphatic heterocycles. The van der Waals surface area contributed by atoms with Crippen LogP contribution in [0.5, 0.6) is 0 Å². The van der Waals surface area contributed by atoms with Gasteiger partial charge in [-0.05, 0) is 25.3 Å². The zero-order valence-corrected chi connectivity index (χ0v) is 16.6. The number of hydrogen-bond donors (Lipinski definition) is 1. The van der Waals surface area contributed by atoms with Gasteiger partial charge in [-0.2, -0.15) is 0 Å². The summed E-state index contributed by atoms with van der Waals surface area (Å²) in [6.07, 6.45) is 4.73. The first kappa shape index (κ1) is 19.2. The van der Waals surface area contributed by atoms with Crippen molar-refractivity contribution in [1.29, 1.82) is 0 Å². The summed E-state index contributed by atoms with van der Waals surface area (Å²) >= 11 is 0. The summed E-state index contributed by atoms with van der Waals surface area (Å²) in [5, 5.41) is 3.25. The lowest BCUT2D eigenvalue weighted by molar-refractivity contribution is -0.136. The fourth-order valence-corrected chi connectivity index (χ4v) is 5.50. The van der Waals surface area contributed by atoms with E-state index in [1.807, 2.05) is 11.0 Å². The van der Waals surface area contributed by atoms with E-state index in [1.165, 1.54) is 6.07 Å². The number of pyridine rings is 1. The molecule has 2 bridgehead atoms. The van der Waals surface area contributed by atoms with Gasteiger partial charge < -0.3 is 15.0 Å². The Kier molecular flexibility index (Phi) is 5.04. The zero-order valence-electron chi connectivity index (χ0n) is 16.6. The maximum atomic E-state index is 13.5. The molecular formula is C21H29N3O4. The minimum Gasteiger partial charge on any atom is -0.382 e. The predicted octanol–water partition coefficient (Wildman–Crippen LogP) is 1.43. The number of methoxy groups -OCH3 is 1. The Labute approximate surface area is 165 Å². The quantitative estimate of drug-likeness (QED) is 0.848. The van der Waals surface area contributed by atoms with Gasteiger partial charge in [0.05, 0.1) is 12.1 Å². The highest BCUT2D eigenvalue weighted by Gasteiger charge is 2.46. The van der Waals surface area contributed by atoms with Crippen LogP contribution < -0.4 is 10.9 Å². The SMILES string of the molecule is COCC1(NC(=O)[C@H]2[C@H]3C[C@H](CN(C(C)=O)C3)c3cccc(=O)n32)CCCC1. The molecule has 3 atom stereocenters. The van der Waals surface area contributed by atoms with Crippen molar-refractivity contribution in [2.75, 3.05) is 26.8 Å². The average Bonchev–Trinajstić information content (AvgIpc) is 3.10. The molecule has 2 amide bonds. The predicted molar refractivity (Wildman–Crippen MR) is 104 cm³/mol. The highest BCUT2D eigenvalue weighted by Crippen LogP contribution is 2.42.